The van der Waals surface area contributed by atoms with Gasteiger partial charge in [-0.05, 0) is 37.7 Å². The van der Waals surface area contributed by atoms with E-state index in [-0.39, 0.29) is 56.5 Å². The summed E-state index contributed by atoms with van der Waals surface area (Å²) in [6.45, 7) is 8.35. The smallest absolute Gasteiger partial charge is 0.309 e. The number of benzene rings is 1. The van der Waals surface area contributed by atoms with E-state index in [1.807, 2.05) is 30.3 Å². The van der Waals surface area contributed by atoms with Gasteiger partial charge < -0.3 is 25.2 Å². The van der Waals surface area contributed by atoms with Crippen LogP contribution >= 0.6 is 0 Å². The fourth-order valence-electron chi connectivity index (χ4n) is 4.62. The molecule has 0 spiro atoms. The van der Waals surface area contributed by atoms with Gasteiger partial charge >= 0.3 is 5.97 Å². The van der Waals surface area contributed by atoms with Gasteiger partial charge in [0.25, 0.3) is 0 Å². The Morgan fingerprint density at radius 2 is 1.70 bits per heavy atom. The topological polar surface area (TPSA) is 114 Å². The number of rotatable bonds is 18. The molecule has 0 aromatic heterocycles. The number of amides is 2. The van der Waals surface area contributed by atoms with E-state index in [9.17, 15) is 14.4 Å². The van der Waals surface area contributed by atoms with Crippen molar-refractivity contribution in [2.24, 2.45) is 11.8 Å². The van der Waals surface area contributed by atoms with Crippen molar-refractivity contribution in [1.82, 2.24) is 10.6 Å². The molecular formula is C29H42N2O6. The van der Waals surface area contributed by atoms with Crippen LogP contribution in [0.5, 0.6) is 0 Å². The van der Waals surface area contributed by atoms with Crippen molar-refractivity contribution >= 4 is 17.8 Å². The molecule has 2 unspecified atom stereocenters. The van der Waals surface area contributed by atoms with Crippen molar-refractivity contribution in [1.29, 1.82) is 0 Å². The van der Waals surface area contributed by atoms with E-state index in [0.717, 1.165) is 18.4 Å². The first kappa shape index (κ1) is 30.3. The Labute approximate surface area is 220 Å². The predicted octanol–water partition coefficient (Wildman–Crippen LogP) is 3.10. The van der Waals surface area contributed by atoms with Gasteiger partial charge in [0, 0.05) is 13.0 Å². The maximum atomic E-state index is 13.2. The largest absolute Gasteiger partial charge is 0.463 e. The summed E-state index contributed by atoms with van der Waals surface area (Å²) in [6, 6.07) is 9.80. The van der Waals surface area contributed by atoms with E-state index >= 15 is 0 Å². The van der Waals surface area contributed by atoms with Crippen LogP contribution in [-0.4, -0.2) is 61.4 Å². The quantitative estimate of drug-likeness (QED) is 0.158. The van der Waals surface area contributed by atoms with Gasteiger partial charge in [0.15, 0.2) is 0 Å². The van der Waals surface area contributed by atoms with Crippen LogP contribution in [-0.2, 0) is 30.3 Å². The lowest BCUT2D eigenvalue weighted by atomic mass is 9.93. The van der Waals surface area contributed by atoms with Gasteiger partial charge in [-0.15, -0.1) is 13.2 Å². The molecule has 1 aromatic carbocycles. The van der Waals surface area contributed by atoms with E-state index in [0.29, 0.717) is 38.6 Å². The second-order valence-corrected chi connectivity index (χ2v) is 9.61. The zero-order valence-electron chi connectivity index (χ0n) is 21.8. The molecule has 2 atom stereocenters. The highest BCUT2D eigenvalue weighted by Crippen LogP contribution is 2.31. The highest BCUT2D eigenvalue weighted by atomic mass is 16.5. The van der Waals surface area contributed by atoms with Crippen LogP contribution in [0.15, 0.2) is 55.6 Å². The summed E-state index contributed by atoms with van der Waals surface area (Å²) in [5, 5.41) is 14.6. The van der Waals surface area contributed by atoms with Crippen molar-refractivity contribution < 1.29 is 29.0 Å². The van der Waals surface area contributed by atoms with E-state index in [2.05, 4.69) is 23.8 Å². The fourth-order valence-corrected chi connectivity index (χ4v) is 4.62. The first-order chi connectivity index (χ1) is 17.9. The van der Waals surface area contributed by atoms with Gasteiger partial charge in [-0.1, -0.05) is 55.3 Å². The third kappa shape index (κ3) is 10.9. The molecule has 0 saturated heterocycles. The first-order valence-corrected chi connectivity index (χ1v) is 13.1. The Bertz CT molecular complexity index is 866. The third-order valence-corrected chi connectivity index (χ3v) is 6.61. The van der Waals surface area contributed by atoms with Crippen molar-refractivity contribution in [3.8, 4) is 0 Å². The molecule has 1 aromatic rings. The molecule has 204 valence electrons. The molecule has 1 saturated carbocycles. The van der Waals surface area contributed by atoms with E-state index in [1.165, 1.54) is 0 Å². The average Bonchev–Trinajstić information content (AvgIpc) is 3.35. The average molecular weight is 515 g/mol. The molecule has 0 aliphatic heterocycles. The van der Waals surface area contributed by atoms with Gasteiger partial charge in [-0.25, -0.2) is 0 Å². The first-order valence-electron chi connectivity index (χ1n) is 13.1. The molecule has 0 radical (unpaired) electrons. The number of allylic oxidation sites excluding steroid dienone is 2. The molecule has 3 N–H and O–H groups in total. The van der Waals surface area contributed by atoms with Crippen LogP contribution in [0.3, 0.4) is 0 Å². The summed E-state index contributed by atoms with van der Waals surface area (Å²) in [7, 11) is 0. The maximum absolute atomic E-state index is 13.2. The lowest BCUT2D eigenvalue weighted by Crippen LogP contribution is -2.52. The van der Waals surface area contributed by atoms with Gasteiger partial charge in [0.1, 0.15) is 6.61 Å². The number of aliphatic hydroxyl groups excluding tert-OH is 1. The number of ether oxygens (including phenoxy) is 2. The Balaban J connectivity index is 1.95. The number of aliphatic hydroxyl groups is 1. The second kappa shape index (κ2) is 16.7. The van der Waals surface area contributed by atoms with Crippen molar-refractivity contribution in [3.05, 3.63) is 61.2 Å². The summed E-state index contributed by atoms with van der Waals surface area (Å²) < 4.78 is 10.9. The van der Waals surface area contributed by atoms with Crippen LogP contribution < -0.4 is 10.6 Å². The Hall–Kier alpha value is -2.97. The standard InChI is InChI=1S/C29H42N2O6/c1-3-10-24(21-26(33)30-16-18-36-19-17-32)27(34)31-29(14-8-9-15-29)22-37-28(35)25(11-4-2)20-23-12-6-5-7-13-23/h3-7,12-13,24-25,32H,1-2,8-11,14-22H2,(H,30,33)(H,31,34). The molecule has 8 heteroatoms. The van der Waals surface area contributed by atoms with Crippen molar-refractivity contribution in [2.45, 2.75) is 56.9 Å². The zero-order valence-corrected chi connectivity index (χ0v) is 21.8. The van der Waals surface area contributed by atoms with Gasteiger partial charge in [0.05, 0.1) is 37.2 Å². The molecular weight excluding hydrogens is 472 g/mol. The van der Waals surface area contributed by atoms with Gasteiger partial charge in [-0.3, -0.25) is 14.4 Å². The molecule has 2 rings (SSSR count). The van der Waals surface area contributed by atoms with Crippen LogP contribution in [0.1, 0.15) is 50.5 Å². The Morgan fingerprint density at radius 1 is 1.03 bits per heavy atom. The third-order valence-electron chi connectivity index (χ3n) is 6.61. The number of carbonyl (C=O) groups excluding carboxylic acids is 3. The van der Waals surface area contributed by atoms with Gasteiger partial charge in [-0.2, -0.15) is 0 Å². The summed E-state index contributed by atoms with van der Waals surface area (Å²) in [4.78, 5) is 38.6. The van der Waals surface area contributed by atoms with Crippen molar-refractivity contribution in [2.75, 3.05) is 33.0 Å². The number of nitrogens with one attached hydrogen (secondary N) is 2. The summed E-state index contributed by atoms with van der Waals surface area (Å²) in [5.74, 6) is -1.70. The van der Waals surface area contributed by atoms with E-state index in [1.54, 1.807) is 12.2 Å². The second-order valence-electron chi connectivity index (χ2n) is 9.61. The number of hydrogen-bond acceptors (Lipinski definition) is 6. The normalized spacial score (nSPS) is 15.8. The van der Waals surface area contributed by atoms with Crippen LogP contribution in [0.25, 0.3) is 0 Å². The van der Waals surface area contributed by atoms with E-state index < -0.39 is 11.5 Å². The fraction of sp³-hybridized carbons (Fsp3) is 0.552. The summed E-state index contributed by atoms with van der Waals surface area (Å²) in [5.41, 5.74) is 0.424. The Kier molecular flexibility index (Phi) is 13.7. The van der Waals surface area contributed by atoms with Crippen LogP contribution in [0.2, 0.25) is 0 Å². The minimum atomic E-state index is -0.633. The lowest BCUT2D eigenvalue weighted by molar-refractivity contribution is -0.151. The SMILES string of the molecule is C=CCC(CC(=O)NCCOCCO)C(=O)NC1(COC(=O)C(CC=C)Cc2ccccc2)CCCC1. The minimum absolute atomic E-state index is 0.0200. The molecule has 1 aliphatic carbocycles. The maximum Gasteiger partial charge on any atom is 0.309 e. The number of hydrogen-bond donors (Lipinski definition) is 3. The molecule has 2 amide bonds. The highest BCUT2D eigenvalue weighted by Gasteiger charge is 2.39. The molecule has 37 heavy (non-hydrogen) atoms. The summed E-state index contributed by atoms with van der Waals surface area (Å²) >= 11 is 0. The molecule has 1 aliphatic rings. The van der Waals surface area contributed by atoms with E-state index in [4.69, 9.17) is 14.6 Å². The number of esters is 1. The van der Waals surface area contributed by atoms with Crippen molar-refractivity contribution in [3.63, 3.8) is 0 Å². The van der Waals surface area contributed by atoms with Gasteiger partial charge in [0.2, 0.25) is 11.8 Å². The molecule has 0 heterocycles. The Morgan fingerprint density at radius 3 is 2.35 bits per heavy atom. The lowest BCUT2D eigenvalue weighted by Gasteiger charge is -2.32. The number of carbonyl (C=O) groups is 3. The monoisotopic (exact) mass is 514 g/mol. The summed E-state index contributed by atoms with van der Waals surface area (Å²) in [6.07, 6.45) is 8.09. The predicted molar refractivity (Wildman–Crippen MR) is 143 cm³/mol. The molecule has 1 fully saturated rings. The highest BCUT2D eigenvalue weighted by molar-refractivity contribution is 5.86. The molecule has 8 nitrogen and oxygen atoms in total. The van der Waals surface area contributed by atoms with Crippen LogP contribution in [0, 0.1) is 11.8 Å². The minimum Gasteiger partial charge on any atom is -0.463 e. The molecule has 0 bridgehead atoms. The zero-order chi connectivity index (χ0) is 26.9. The van der Waals surface area contributed by atoms with Crippen LogP contribution in [0.4, 0.5) is 0 Å².